The summed E-state index contributed by atoms with van der Waals surface area (Å²) in [4.78, 5) is 4.15. The summed E-state index contributed by atoms with van der Waals surface area (Å²) in [5.41, 5.74) is 0. The van der Waals surface area contributed by atoms with Crippen LogP contribution in [0, 0.1) is 0 Å². The lowest BCUT2D eigenvalue weighted by Crippen LogP contribution is -2.18. The Morgan fingerprint density at radius 3 is 2.68 bits per heavy atom. The maximum Gasteiger partial charge on any atom is 0.0945 e. The molecule has 0 amide bonds. The Balaban J connectivity index is 1.82. The van der Waals surface area contributed by atoms with Crippen LogP contribution in [0.15, 0.2) is 18.7 Å². The molecule has 0 aromatic carbocycles. The van der Waals surface area contributed by atoms with Gasteiger partial charge in [-0.3, -0.25) is 0 Å². The summed E-state index contributed by atoms with van der Waals surface area (Å²) >= 11 is 4.60. The third kappa shape index (κ3) is 5.84. The standard InChI is InChI=1S/C18H32N2S2/c1-3-5-7-10-18(11-8-13-20-14-12-19-16-20)21-15-17(22-18)9-6-4-2/h12,14,16-17H,3-11,13,15H2,1-2H3. The van der Waals surface area contributed by atoms with Gasteiger partial charge in [0.2, 0.25) is 0 Å². The largest absolute Gasteiger partial charge is 0.337 e. The molecule has 0 radical (unpaired) electrons. The molecule has 1 aromatic rings. The Morgan fingerprint density at radius 2 is 1.95 bits per heavy atom. The van der Waals surface area contributed by atoms with Crippen LogP contribution in [-0.2, 0) is 6.54 Å². The summed E-state index contributed by atoms with van der Waals surface area (Å²) in [5.74, 6) is 1.38. The van der Waals surface area contributed by atoms with Crippen LogP contribution in [0.2, 0.25) is 0 Å². The van der Waals surface area contributed by atoms with E-state index < -0.39 is 0 Å². The van der Waals surface area contributed by atoms with Crippen molar-refractivity contribution in [3.8, 4) is 0 Å². The van der Waals surface area contributed by atoms with Crippen molar-refractivity contribution >= 4 is 23.5 Å². The van der Waals surface area contributed by atoms with Crippen LogP contribution in [0.1, 0.15) is 71.6 Å². The fourth-order valence-corrected chi connectivity index (χ4v) is 7.18. The van der Waals surface area contributed by atoms with Crippen LogP contribution in [0.3, 0.4) is 0 Å². The van der Waals surface area contributed by atoms with Gasteiger partial charge in [-0.2, -0.15) is 0 Å². The van der Waals surface area contributed by atoms with E-state index in [4.69, 9.17) is 0 Å². The van der Waals surface area contributed by atoms with Crippen molar-refractivity contribution in [2.24, 2.45) is 0 Å². The highest BCUT2D eigenvalue weighted by Crippen LogP contribution is 2.54. The third-order valence-corrected chi connectivity index (χ3v) is 8.42. The van der Waals surface area contributed by atoms with Gasteiger partial charge < -0.3 is 4.57 Å². The minimum Gasteiger partial charge on any atom is -0.337 e. The van der Waals surface area contributed by atoms with Gasteiger partial charge in [0, 0.05) is 29.9 Å². The molecule has 2 heterocycles. The van der Waals surface area contributed by atoms with Crippen LogP contribution < -0.4 is 0 Å². The summed E-state index contributed by atoms with van der Waals surface area (Å²) < 4.78 is 2.73. The van der Waals surface area contributed by atoms with E-state index in [2.05, 4.69) is 53.1 Å². The molecule has 2 unspecified atom stereocenters. The number of unbranched alkanes of at least 4 members (excludes halogenated alkanes) is 3. The summed E-state index contributed by atoms with van der Waals surface area (Å²) in [6, 6.07) is 0. The Bertz CT molecular complexity index is 394. The highest BCUT2D eigenvalue weighted by molar-refractivity contribution is 8.21. The molecule has 0 N–H and O–H groups in total. The monoisotopic (exact) mass is 340 g/mol. The van der Waals surface area contributed by atoms with Crippen LogP contribution in [0.25, 0.3) is 0 Å². The fourth-order valence-electron chi connectivity index (χ4n) is 3.17. The predicted octanol–water partition coefficient (Wildman–Crippen LogP) is 5.98. The van der Waals surface area contributed by atoms with E-state index in [9.17, 15) is 0 Å². The van der Waals surface area contributed by atoms with E-state index in [1.165, 1.54) is 63.5 Å². The minimum absolute atomic E-state index is 0.508. The van der Waals surface area contributed by atoms with E-state index in [1.54, 1.807) is 0 Å². The molecular weight excluding hydrogens is 308 g/mol. The molecule has 22 heavy (non-hydrogen) atoms. The van der Waals surface area contributed by atoms with Gasteiger partial charge in [-0.05, 0) is 25.7 Å². The second-order valence-electron chi connectivity index (χ2n) is 6.46. The lowest BCUT2D eigenvalue weighted by atomic mass is 10.1. The van der Waals surface area contributed by atoms with Gasteiger partial charge in [0.15, 0.2) is 0 Å². The Labute approximate surface area is 145 Å². The molecule has 1 aliphatic heterocycles. The quantitative estimate of drug-likeness (QED) is 0.462. The number of nitrogens with zero attached hydrogens (tertiary/aromatic N) is 2. The molecule has 1 saturated heterocycles. The normalized spacial score (nSPS) is 24.9. The summed E-state index contributed by atoms with van der Waals surface area (Å²) in [6.45, 7) is 5.74. The van der Waals surface area contributed by atoms with E-state index in [-0.39, 0.29) is 0 Å². The first-order valence-corrected chi connectivity index (χ1v) is 10.9. The molecule has 1 aromatic heterocycles. The van der Waals surface area contributed by atoms with Gasteiger partial charge in [0.05, 0.1) is 10.4 Å². The zero-order valence-electron chi connectivity index (χ0n) is 14.3. The molecule has 0 spiro atoms. The van der Waals surface area contributed by atoms with Crippen LogP contribution in [0.5, 0.6) is 0 Å². The summed E-state index contributed by atoms with van der Waals surface area (Å²) in [5, 5.41) is 0.903. The van der Waals surface area contributed by atoms with Crippen molar-refractivity contribution in [3.63, 3.8) is 0 Å². The zero-order chi connectivity index (χ0) is 15.7. The number of aryl methyl sites for hydroxylation is 1. The van der Waals surface area contributed by atoms with Crippen molar-refractivity contribution < 1.29 is 0 Å². The van der Waals surface area contributed by atoms with Crippen LogP contribution in [0.4, 0.5) is 0 Å². The second kappa shape index (κ2) is 9.92. The average Bonchev–Trinajstić information content (AvgIpc) is 3.16. The number of hydrogen-bond acceptors (Lipinski definition) is 3. The van der Waals surface area contributed by atoms with E-state index >= 15 is 0 Å². The first kappa shape index (κ1) is 18.3. The molecule has 2 rings (SSSR count). The molecule has 2 atom stereocenters. The Kier molecular flexibility index (Phi) is 8.23. The molecule has 0 aliphatic carbocycles. The minimum atomic E-state index is 0.508. The number of thioether (sulfide) groups is 2. The van der Waals surface area contributed by atoms with Crippen molar-refractivity contribution in [1.82, 2.24) is 9.55 Å². The SMILES string of the molecule is CCCCCC1(CCCn2ccnc2)SCC(CCCC)S1. The Morgan fingerprint density at radius 1 is 1.14 bits per heavy atom. The molecule has 4 heteroatoms. The summed E-state index contributed by atoms with van der Waals surface area (Å²) in [7, 11) is 0. The van der Waals surface area contributed by atoms with Gasteiger partial charge >= 0.3 is 0 Å². The number of aromatic nitrogens is 2. The van der Waals surface area contributed by atoms with Crippen molar-refractivity contribution in [2.45, 2.75) is 87.5 Å². The average molecular weight is 341 g/mol. The van der Waals surface area contributed by atoms with Gasteiger partial charge in [-0.15, -0.1) is 23.5 Å². The predicted molar refractivity (Wildman–Crippen MR) is 102 cm³/mol. The van der Waals surface area contributed by atoms with Gasteiger partial charge in [0.25, 0.3) is 0 Å². The van der Waals surface area contributed by atoms with E-state index in [0.29, 0.717) is 4.08 Å². The smallest absolute Gasteiger partial charge is 0.0945 e. The van der Waals surface area contributed by atoms with Gasteiger partial charge in [-0.1, -0.05) is 46.0 Å². The zero-order valence-corrected chi connectivity index (χ0v) is 15.9. The number of rotatable bonds is 11. The van der Waals surface area contributed by atoms with E-state index in [1.807, 2.05) is 12.5 Å². The third-order valence-electron chi connectivity index (χ3n) is 4.49. The maximum atomic E-state index is 4.15. The van der Waals surface area contributed by atoms with Gasteiger partial charge in [-0.25, -0.2) is 4.98 Å². The molecule has 1 fully saturated rings. The molecule has 0 saturated carbocycles. The second-order valence-corrected chi connectivity index (χ2v) is 9.81. The van der Waals surface area contributed by atoms with Crippen molar-refractivity contribution in [1.29, 1.82) is 0 Å². The van der Waals surface area contributed by atoms with Crippen LogP contribution in [-0.4, -0.2) is 24.6 Å². The lowest BCUT2D eigenvalue weighted by Gasteiger charge is -2.28. The van der Waals surface area contributed by atoms with Crippen LogP contribution >= 0.6 is 23.5 Å². The number of hydrogen-bond donors (Lipinski definition) is 0. The lowest BCUT2D eigenvalue weighted by molar-refractivity contribution is 0.539. The van der Waals surface area contributed by atoms with Crippen molar-refractivity contribution in [2.75, 3.05) is 5.75 Å². The molecule has 0 bridgehead atoms. The molecule has 126 valence electrons. The maximum absolute atomic E-state index is 4.15. The van der Waals surface area contributed by atoms with Gasteiger partial charge in [0.1, 0.15) is 0 Å². The molecule has 1 aliphatic rings. The molecular formula is C18H32N2S2. The summed E-state index contributed by atoms with van der Waals surface area (Å²) in [6.07, 6.45) is 18.3. The first-order valence-electron chi connectivity index (χ1n) is 9.05. The fraction of sp³-hybridized carbons (Fsp3) is 0.833. The topological polar surface area (TPSA) is 17.8 Å². The first-order chi connectivity index (χ1) is 10.8. The van der Waals surface area contributed by atoms with E-state index in [0.717, 1.165) is 11.8 Å². The number of imidazole rings is 1. The highest BCUT2D eigenvalue weighted by Gasteiger charge is 2.39. The highest BCUT2D eigenvalue weighted by atomic mass is 32.2. The van der Waals surface area contributed by atoms with Crippen molar-refractivity contribution in [3.05, 3.63) is 18.7 Å². The molecule has 2 nitrogen and oxygen atoms in total. The Hall–Kier alpha value is -0.0900.